The van der Waals surface area contributed by atoms with Gasteiger partial charge in [-0.25, -0.2) is 21.6 Å². The second kappa shape index (κ2) is 7.76. The zero-order valence-electron chi connectivity index (χ0n) is 13.7. The first kappa shape index (κ1) is 20.4. The Morgan fingerprint density at radius 1 is 1.00 bits per heavy atom. The molecule has 11 heteroatoms. The lowest BCUT2D eigenvalue weighted by Gasteiger charge is -2.12. The fourth-order valence-corrected chi connectivity index (χ4v) is 3.19. The number of hydrogen-bond donors (Lipinski definition) is 3. The molecule has 3 N–H and O–H groups in total. The van der Waals surface area contributed by atoms with Crippen LogP contribution in [0, 0.1) is 17.5 Å². The number of sulfonamides is 1. The van der Waals surface area contributed by atoms with Crippen molar-refractivity contribution in [3.05, 3.63) is 59.4 Å². The second-order valence-corrected chi connectivity index (χ2v) is 7.12. The molecule has 27 heavy (non-hydrogen) atoms. The lowest BCUT2D eigenvalue weighted by atomic mass is 10.2. The predicted molar refractivity (Wildman–Crippen MR) is 88.1 cm³/mol. The quantitative estimate of drug-likeness (QED) is 0.685. The third-order valence-electron chi connectivity index (χ3n) is 3.37. The first-order valence-corrected chi connectivity index (χ1v) is 8.80. The Hall–Kier alpha value is -2.92. The molecule has 144 valence electrons. The number of carboxylic acids is 1. The fraction of sp³-hybridized carbons (Fsp3) is 0.125. The van der Waals surface area contributed by atoms with Crippen molar-refractivity contribution in [1.82, 2.24) is 4.72 Å². The molecule has 0 aliphatic carbocycles. The van der Waals surface area contributed by atoms with E-state index in [1.165, 1.54) is 0 Å². The van der Waals surface area contributed by atoms with Gasteiger partial charge in [0.1, 0.15) is 11.9 Å². The van der Waals surface area contributed by atoms with Crippen molar-refractivity contribution >= 4 is 27.6 Å². The van der Waals surface area contributed by atoms with Gasteiger partial charge in [-0.05, 0) is 37.3 Å². The van der Waals surface area contributed by atoms with E-state index in [2.05, 4.69) is 5.32 Å². The van der Waals surface area contributed by atoms with Crippen molar-refractivity contribution in [3.8, 4) is 0 Å². The maximum Gasteiger partial charge on any atom is 0.321 e. The van der Waals surface area contributed by atoms with Crippen LogP contribution in [0.15, 0.2) is 41.3 Å². The van der Waals surface area contributed by atoms with Gasteiger partial charge in [0, 0.05) is 11.8 Å². The van der Waals surface area contributed by atoms with Crippen molar-refractivity contribution in [2.24, 2.45) is 0 Å². The van der Waals surface area contributed by atoms with E-state index in [0.717, 1.165) is 25.1 Å². The van der Waals surface area contributed by atoms with Gasteiger partial charge in [0.25, 0.3) is 5.91 Å². The molecule has 0 saturated heterocycles. The van der Waals surface area contributed by atoms with Crippen molar-refractivity contribution in [2.75, 3.05) is 5.32 Å². The van der Waals surface area contributed by atoms with E-state index in [1.807, 2.05) is 4.72 Å². The Bertz CT molecular complexity index is 1010. The van der Waals surface area contributed by atoms with Gasteiger partial charge in [-0.2, -0.15) is 4.72 Å². The Balaban J connectivity index is 2.32. The number of amides is 1. The maximum atomic E-state index is 13.9. The SMILES string of the molecule is CC(NS(=O)(=O)c1ccc(F)c(C(=O)Nc2ccc(F)c(F)c2)c1)C(=O)O. The molecule has 1 amide bonds. The summed E-state index contributed by atoms with van der Waals surface area (Å²) < 4.78 is 66.2. The number of hydrogen-bond acceptors (Lipinski definition) is 4. The molecule has 7 nitrogen and oxygen atoms in total. The lowest BCUT2D eigenvalue weighted by molar-refractivity contribution is -0.138. The molecular formula is C16H13F3N2O5S. The highest BCUT2D eigenvalue weighted by Crippen LogP contribution is 2.19. The highest BCUT2D eigenvalue weighted by Gasteiger charge is 2.24. The molecule has 0 bridgehead atoms. The Kier molecular flexibility index (Phi) is 5.86. The van der Waals surface area contributed by atoms with E-state index in [1.54, 1.807) is 0 Å². The topological polar surface area (TPSA) is 113 Å². The van der Waals surface area contributed by atoms with Crippen LogP contribution in [0.4, 0.5) is 18.9 Å². The number of benzene rings is 2. The summed E-state index contributed by atoms with van der Waals surface area (Å²) >= 11 is 0. The number of carbonyl (C=O) groups excluding carboxylic acids is 1. The van der Waals surface area contributed by atoms with Crippen molar-refractivity contribution in [2.45, 2.75) is 17.9 Å². The molecule has 0 radical (unpaired) electrons. The van der Waals surface area contributed by atoms with Crippen molar-refractivity contribution in [1.29, 1.82) is 0 Å². The Labute approximate surface area is 151 Å². The molecule has 0 aromatic heterocycles. The fourth-order valence-electron chi connectivity index (χ4n) is 1.97. The maximum absolute atomic E-state index is 13.9. The first-order valence-electron chi connectivity index (χ1n) is 7.32. The largest absolute Gasteiger partial charge is 0.480 e. The van der Waals surface area contributed by atoms with Crippen LogP contribution in [-0.4, -0.2) is 31.4 Å². The highest BCUT2D eigenvalue weighted by molar-refractivity contribution is 7.89. The van der Waals surface area contributed by atoms with Crippen LogP contribution in [0.25, 0.3) is 0 Å². The summed E-state index contributed by atoms with van der Waals surface area (Å²) in [5, 5.41) is 10.9. The van der Waals surface area contributed by atoms with Crippen LogP contribution in [0.3, 0.4) is 0 Å². The van der Waals surface area contributed by atoms with Crippen LogP contribution in [0.5, 0.6) is 0 Å². The summed E-state index contributed by atoms with van der Waals surface area (Å²) in [6.07, 6.45) is 0. The monoisotopic (exact) mass is 402 g/mol. The lowest BCUT2D eigenvalue weighted by Crippen LogP contribution is -2.38. The minimum Gasteiger partial charge on any atom is -0.480 e. The van der Waals surface area contributed by atoms with E-state index >= 15 is 0 Å². The van der Waals surface area contributed by atoms with Gasteiger partial charge in [-0.1, -0.05) is 0 Å². The standard InChI is InChI=1S/C16H13F3N2O5S/c1-8(16(23)24)21-27(25,26)10-3-5-12(17)11(7-10)15(22)20-9-2-4-13(18)14(19)6-9/h2-8,21H,1H3,(H,20,22)(H,23,24). The Morgan fingerprint density at radius 3 is 2.22 bits per heavy atom. The van der Waals surface area contributed by atoms with Crippen LogP contribution in [0.1, 0.15) is 17.3 Å². The van der Waals surface area contributed by atoms with Gasteiger partial charge in [0.2, 0.25) is 10.0 Å². The summed E-state index contributed by atoms with van der Waals surface area (Å²) in [6, 6.07) is 3.24. The average Bonchev–Trinajstić information content (AvgIpc) is 2.57. The minimum atomic E-state index is -4.35. The number of nitrogens with one attached hydrogen (secondary N) is 2. The van der Waals surface area contributed by atoms with Gasteiger partial charge < -0.3 is 10.4 Å². The van der Waals surface area contributed by atoms with Gasteiger partial charge in [0.05, 0.1) is 10.5 Å². The van der Waals surface area contributed by atoms with Crippen LogP contribution >= 0.6 is 0 Å². The van der Waals surface area contributed by atoms with Gasteiger partial charge in [-0.3, -0.25) is 9.59 Å². The van der Waals surface area contributed by atoms with Gasteiger partial charge in [0.15, 0.2) is 11.6 Å². The third-order valence-corrected chi connectivity index (χ3v) is 4.91. The normalized spacial score (nSPS) is 12.4. The number of carboxylic acid groups (broad SMARTS) is 1. The van der Waals surface area contributed by atoms with E-state index in [-0.39, 0.29) is 5.69 Å². The zero-order valence-corrected chi connectivity index (χ0v) is 14.5. The smallest absolute Gasteiger partial charge is 0.321 e. The number of anilines is 1. The third kappa shape index (κ3) is 4.83. The molecule has 0 fully saturated rings. The average molecular weight is 402 g/mol. The van der Waals surface area contributed by atoms with E-state index in [9.17, 15) is 31.2 Å². The molecule has 0 heterocycles. The highest BCUT2D eigenvalue weighted by atomic mass is 32.2. The molecule has 1 atom stereocenters. The second-order valence-electron chi connectivity index (χ2n) is 5.41. The van der Waals surface area contributed by atoms with Crippen molar-refractivity contribution in [3.63, 3.8) is 0 Å². The van der Waals surface area contributed by atoms with E-state index < -0.39 is 55.9 Å². The molecule has 0 spiro atoms. The van der Waals surface area contributed by atoms with E-state index in [4.69, 9.17) is 5.11 Å². The molecule has 0 aliphatic rings. The minimum absolute atomic E-state index is 0.177. The number of aliphatic carboxylic acids is 1. The van der Waals surface area contributed by atoms with Crippen LogP contribution in [-0.2, 0) is 14.8 Å². The van der Waals surface area contributed by atoms with Crippen LogP contribution < -0.4 is 10.0 Å². The number of rotatable bonds is 6. The summed E-state index contributed by atoms with van der Waals surface area (Å²) in [6.45, 7) is 1.08. The number of carbonyl (C=O) groups is 2. The molecular weight excluding hydrogens is 389 g/mol. The summed E-state index contributed by atoms with van der Waals surface area (Å²) in [7, 11) is -4.35. The summed E-state index contributed by atoms with van der Waals surface area (Å²) in [5.41, 5.74) is -0.866. The van der Waals surface area contributed by atoms with Gasteiger partial charge in [-0.15, -0.1) is 0 Å². The first-order chi connectivity index (χ1) is 12.5. The molecule has 2 aromatic rings. The molecule has 2 rings (SSSR count). The molecule has 0 saturated carbocycles. The predicted octanol–water partition coefficient (Wildman–Crippen LogP) is 2.11. The molecule has 0 aliphatic heterocycles. The van der Waals surface area contributed by atoms with E-state index in [0.29, 0.717) is 18.2 Å². The van der Waals surface area contributed by atoms with Crippen LogP contribution in [0.2, 0.25) is 0 Å². The summed E-state index contributed by atoms with van der Waals surface area (Å²) in [4.78, 5) is 22.4. The van der Waals surface area contributed by atoms with Gasteiger partial charge >= 0.3 is 5.97 Å². The molecule has 2 aromatic carbocycles. The number of halogens is 3. The Morgan fingerprint density at radius 2 is 1.63 bits per heavy atom. The summed E-state index contributed by atoms with van der Waals surface area (Å²) in [5.74, 6) is -6.00. The molecule has 1 unspecified atom stereocenters. The zero-order chi connectivity index (χ0) is 20.4. The van der Waals surface area contributed by atoms with Crippen molar-refractivity contribution < 1.29 is 36.3 Å².